The maximum Gasteiger partial charge on any atom is 0.176 e. The zero-order valence-electron chi connectivity index (χ0n) is 12.7. The average molecular weight is 292 g/mol. The first-order chi connectivity index (χ1) is 10.6. The lowest BCUT2D eigenvalue weighted by atomic mass is 10.2. The van der Waals surface area contributed by atoms with Crippen LogP contribution >= 0.6 is 0 Å². The number of hydrogen-bond acceptors (Lipinski definition) is 3. The van der Waals surface area contributed by atoms with Crippen molar-refractivity contribution in [2.45, 2.75) is 13.8 Å². The molecule has 6 nitrogen and oxygen atoms in total. The molecule has 0 saturated heterocycles. The maximum absolute atomic E-state index is 4.62. The van der Waals surface area contributed by atoms with Crippen LogP contribution in [0.5, 0.6) is 0 Å². The molecule has 4 rings (SSSR count). The Labute approximate surface area is 127 Å². The highest BCUT2D eigenvalue weighted by Crippen LogP contribution is 2.22. The van der Waals surface area contributed by atoms with Crippen LogP contribution in [0.15, 0.2) is 36.7 Å². The minimum Gasteiger partial charge on any atom is -0.335 e. The summed E-state index contributed by atoms with van der Waals surface area (Å²) < 4.78 is 3.64. The van der Waals surface area contributed by atoms with Crippen LogP contribution in [-0.4, -0.2) is 29.5 Å². The Kier molecular flexibility index (Phi) is 2.66. The molecule has 0 aliphatic carbocycles. The highest BCUT2D eigenvalue weighted by molar-refractivity contribution is 5.78. The molecule has 3 heterocycles. The fourth-order valence-electron chi connectivity index (χ4n) is 2.59. The number of hydrogen-bond donors (Lipinski definition) is 1. The second kappa shape index (κ2) is 4.56. The Morgan fingerprint density at radius 2 is 1.86 bits per heavy atom. The summed E-state index contributed by atoms with van der Waals surface area (Å²) in [7, 11) is 1.90. The lowest BCUT2D eigenvalue weighted by Crippen LogP contribution is -1.93. The second-order valence-corrected chi connectivity index (χ2v) is 5.50. The van der Waals surface area contributed by atoms with E-state index in [4.69, 9.17) is 0 Å². The van der Waals surface area contributed by atoms with E-state index >= 15 is 0 Å². The van der Waals surface area contributed by atoms with Gasteiger partial charge in [-0.2, -0.15) is 10.2 Å². The van der Waals surface area contributed by atoms with Crippen LogP contribution in [0.25, 0.3) is 28.2 Å². The van der Waals surface area contributed by atoms with Crippen LogP contribution < -0.4 is 0 Å². The van der Waals surface area contributed by atoms with Gasteiger partial charge in [-0.3, -0.25) is 0 Å². The first-order valence-corrected chi connectivity index (χ1v) is 7.13. The van der Waals surface area contributed by atoms with Crippen LogP contribution in [0, 0.1) is 13.8 Å². The topological polar surface area (TPSA) is 64.3 Å². The fourth-order valence-corrected chi connectivity index (χ4v) is 2.59. The largest absolute Gasteiger partial charge is 0.335 e. The molecule has 0 spiro atoms. The van der Waals surface area contributed by atoms with E-state index in [1.165, 1.54) is 5.56 Å². The van der Waals surface area contributed by atoms with Crippen molar-refractivity contribution in [3.8, 4) is 17.1 Å². The number of fused-ring (bicyclic) bond motifs is 1. The highest BCUT2D eigenvalue weighted by Gasteiger charge is 2.13. The SMILES string of the molecule is Cc1ccc(-n2cc(-c3nc4c([nH]3)c(C)nn4C)cn2)cc1. The van der Waals surface area contributed by atoms with E-state index in [-0.39, 0.29) is 0 Å². The van der Waals surface area contributed by atoms with E-state index in [0.29, 0.717) is 0 Å². The molecule has 0 bridgehead atoms. The maximum atomic E-state index is 4.62. The smallest absolute Gasteiger partial charge is 0.176 e. The molecule has 0 aliphatic rings. The summed E-state index contributed by atoms with van der Waals surface area (Å²) in [6.45, 7) is 4.04. The molecule has 0 atom stereocenters. The molecule has 22 heavy (non-hydrogen) atoms. The van der Waals surface area contributed by atoms with Crippen molar-refractivity contribution in [3.63, 3.8) is 0 Å². The van der Waals surface area contributed by atoms with Gasteiger partial charge in [0.25, 0.3) is 0 Å². The van der Waals surface area contributed by atoms with Crippen LogP contribution in [-0.2, 0) is 7.05 Å². The Bertz CT molecular complexity index is 920. The van der Waals surface area contributed by atoms with E-state index < -0.39 is 0 Å². The number of aromatic amines is 1. The minimum atomic E-state index is 0.810. The molecule has 4 aromatic rings. The van der Waals surface area contributed by atoms with E-state index in [1.807, 2.05) is 31.0 Å². The predicted octanol–water partition coefficient (Wildman–Crippen LogP) is 2.77. The van der Waals surface area contributed by atoms with Crippen molar-refractivity contribution in [1.82, 2.24) is 29.5 Å². The van der Waals surface area contributed by atoms with Gasteiger partial charge in [0, 0.05) is 13.2 Å². The van der Waals surface area contributed by atoms with Crippen LogP contribution in [0.3, 0.4) is 0 Å². The van der Waals surface area contributed by atoms with Crippen LogP contribution in [0.2, 0.25) is 0 Å². The number of nitrogens with zero attached hydrogens (tertiary/aromatic N) is 5. The van der Waals surface area contributed by atoms with Gasteiger partial charge in [0.2, 0.25) is 0 Å². The summed E-state index contributed by atoms with van der Waals surface area (Å²) in [4.78, 5) is 7.94. The second-order valence-electron chi connectivity index (χ2n) is 5.50. The van der Waals surface area contributed by atoms with Gasteiger partial charge >= 0.3 is 0 Å². The molecular weight excluding hydrogens is 276 g/mol. The minimum absolute atomic E-state index is 0.810. The number of aryl methyl sites for hydroxylation is 3. The number of H-pyrrole nitrogens is 1. The number of rotatable bonds is 2. The standard InChI is InChI=1S/C16H16N6/c1-10-4-6-13(7-5-10)22-9-12(8-17-22)15-18-14-11(2)20-21(3)16(14)19-15/h4-9H,1-3H3,(H,18,19). The first kappa shape index (κ1) is 12.8. The number of imidazole rings is 1. The molecule has 0 amide bonds. The quantitative estimate of drug-likeness (QED) is 0.618. The molecule has 1 N–H and O–H groups in total. The summed E-state index contributed by atoms with van der Waals surface area (Å²) in [5.41, 5.74) is 6.00. The molecule has 0 unspecified atom stereocenters. The molecule has 3 aromatic heterocycles. The van der Waals surface area contributed by atoms with Crippen molar-refractivity contribution < 1.29 is 0 Å². The zero-order chi connectivity index (χ0) is 15.3. The van der Waals surface area contributed by atoms with Crippen LogP contribution in [0.1, 0.15) is 11.3 Å². The van der Waals surface area contributed by atoms with E-state index in [0.717, 1.165) is 33.9 Å². The van der Waals surface area contributed by atoms with Gasteiger partial charge < -0.3 is 4.98 Å². The van der Waals surface area contributed by atoms with Gasteiger partial charge in [0.05, 0.1) is 23.1 Å². The van der Waals surface area contributed by atoms with Gasteiger partial charge in [-0.1, -0.05) is 17.7 Å². The number of benzene rings is 1. The Morgan fingerprint density at radius 3 is 2.59 bits per heavy atom. The summed E-state index contributed by atoms with van der Waals surface area (Å²) in [5.74, 6) is 0.810. The summed E-state index contributed by atoms with van der Waals surface area (Å²) in [5, 5.41) is 8.77. The van der Waals surface area contributed by atoms with Crippen molar-refractivity contribution in [2.24, 2.45) is 7.05 Å². The van der Waals surface area contributed by atoms with E-state index in [1.54, 1.807) is 4.68 Å². The van der Waals surface area contributed by atoms with Gasteiger partial charge in [-0.15, -0.1) is 0 Å². The lowest BCUT2D eigenvalue weighted by Gasteiger charge is -2.00. The third-order valence-corrected chi connectivity index (χ3v) is 3.81. The molecule has 110 valence electrons. The third kappa shape index (κ3) is 1.92. The molecule has 0 radical (unpaired) electrons. The van der Waals surface area contributed by atoms with E-state index in [9.17, 15) is 0 Å². The number of aromatic nitrogens is 6. The monoisotopic (exact) mass is 292 g/mol. The van der Waals surface area contributed by atoms with Crippen molar-refractivity contribution >= 4 is 11.2 Å². The Hall–Kier alpha value is -2.89. The third-order valence-electron chi connectivity index (χ3n) is 3.81. The molecule has 0 saturated carbocycles. The van der Waals surface area contributed by atoms with Crippen molar-refractivity contribution in [1.29, 1.82) is 0 Å². The lowest BCUT2D eigenvalue weighted by molar-refractivity contribution is 0.773. The number of nitrogens with one attached hydrogen (secondary N) is 1. The highest BCUT2D eigenvalue weighted by atomic mass is 15.3. The van der Waals surface area contributed by atoms with Crippen LogP contribution in [0.4, 0.5) is 0 Å². The normalized spacial score (nSPS) is 11.4. The fraction of sp³-hybridized carbons (Fsp3) is 0.188. The molecule has 0 aliphatic heterocycles. The summed E-state index contributed by atoms with van der Waals surface area (Å²) in [6, 6.07) is 8.26. The summed E-state index contributed by atoms with van der Waals surface area (Å²) >= 11 is 0. The first-order valence-electron chi connectivity index (χ1n) is 7.13. The van der Waals surface area contributed by atoms with Gasteiger partial charge in [-0.05, 0) is 26.0 Å². The zero-order valence-corrected chi connectivity index (χ0v) is 12.7. The van der Waals surface area contributed by atoms with Gasteiger partial charge in [-0.25, -0.2) is 14.3 Å². The molecule has 0 fully saturated rings. The van der Waals surface area contributed by atoms with Crippen molar-refractivity contribution in [2.75, 3.05) is 0 Å². The summed E-state index contributed by atoms with van der Waals surface area (Å²) in [6.07, 6.45) is 3.80. The molecule has 6 heteroatoms. The Morgan fingerprint density at radius 1 is 1.09 bits per heavy atom. The molecular formula is C16H16N6. The van der Waals surface area contributed by atoms with Crippen molar-refractivity contribution in [3.05, 3.63) is 47.9 Å². The van der Waals surface area contributed by atoms with E-state index in [2.05, 4.69) is 51.4 Å². The van der Waals surface area contributed by atoms with Gasteiger partial charge in [0.15, 0.2) is 5.65 Å². The van der Waals surface area contributed by atoms with Gasteiger partial charge in [0.1, 0.15) is 11.3 Å². The Balaban J connectivity index is 1.76. The average Bonchev–Trinajstić information content (AvgIpc) is 3.18. The molecule has 1 aromatic carbocycles. The predicted molar refractivity (Wildman–Crippen MR) is 84.9 cm³/mol.